The topological polar surface area (TPSA) is 65.0 Å². The molecule has 1 aliphatic heterocycles. The van der Waals surface area contributed by atoms with Crippen LogP contribution in [-0.4, -0.2) is 31.7 Å². The minimum Gasteiger partial charge on any atom is -0.508 e. The summed E-state index contributed by atoms with van der Waals surface area (Å²) in [5.41, 5.74) is 1.89. The molecular formula is C18H18O5. The van der Waals surface area contributed by atoms with E-state index in [1.807, 2.05) is 6.07 Å². The van der Waals surface area contributed by atoms with Crippen molar-refractivity contribution in [2.45, 2.75) is 12.8 Å². The van der Waals surface area contributed by atoms with Crippen molar-refractivity contribution in [2.24, 2.45) is 0 Å². The maximum Gasteiger partial charge on any atom is 0.177 e. The number of carbonyl (C=O) groups is 1. The molecule has 2 aromatic rings. The first kappa shape index (κ1) is 15.2. The molecule has 5 heteroatoms. The predicted molar refractivity (Wildman–Crippen MR) is 85.0 cm³/mol. The normalized spacial score (nSPS) is 16.5. The number of carbonyl (C=O) groups excluding carboxylic acids is 1. The minimum atomic E-state index is -0.411. The van der Waals surface area contributed by atoms with Gasteiger partial charge in [-0.1, -0.05) is 6.07 Å². The van der Waals surface area contributed by atoms with Gasteiger partial charge >= 0.3 is 0 Å². The van der Waals surface area contributed by atoms with E-state index < -0.39 is 5.92 Å². The van der Waals surface area contributed by atoms with Crippen molar-refractivity contribution in [1.29, 1.82) is 0 Å². The van der Waals surface area contributed by atoms with E-state index in [2.05, 4.69) is 0 Å². The van der Waals surface area contributed by atoms with Crippen LogP contribution in [0.4, 0.5) is 0 Å². The average Bonchev–Trinajstić information content (AvgIpc) is 2.58. The summed E-state index contributed by atoms with van der Waals surface area (Å²) >= 11 is 0. The quantitative estimate of drug-likeness (QED) is 0.943. The summed E-state index contributed by atoms with van der Waals surface area (Å²) in [6.45, 7) is 1.96. The molecule has 1 atom stereocenters. The Morgan fingerprint density at radius 3 is 2.57 bits per heavy atom. The second kappa shape index (κ2) is 5.83. The zero-order valence-electron chi connectivity index (χ0n) is 13.3. The van der Waals surface area contributed by atoms with E-state index in [-0.39, 0.29) is 18.1 Å². The predicted octanol–water partition coefficient (Wildman–Crippen LogP) is 3.08. The molecule has 0 fully saturated rings. The van der Waals surface area contributed by atoms with Crippen LogP contribution in [0.2, 0.25) is 0 Å². The number of fused-ring (bicyclic) bond motifs is 1. The van der Waals surface area contributed by atoms with Gasteiger partial charge in [-0.05, 0) is 36.8 Å². The van der Waals surface area contributed by atoms with Gasteiger partial charge in [-0.3, -0.25) is 4.79 Å². The highest BCUT2D eigenvalue weighted by Crippen LogP contribution is 2.39. The first-order valence-electron chi connectivity index (χ1n) is 7.28. The highest BCUT2D eigenvalue weighted by Gasteiger charge is 2.32. The molecule has 120 valence electrons. The third-order valence-corrected chi connectivity index (χ3v) is 4.16. The summed E-state index contributed by atoms with van der Waals surface area (Å²) in [6, 6.07) is 8.53. The Balaban J connectivity index is 2.00. The Bertz CT molecular complexity index is 766. The van der Waals surface area contributed by atoms with Crippen LogP contribution in [0, 0.1) is 6.92 Å². The van der Waals surface area contributed by atoms with E-state index in [4.69, 9.17) is 14.2 Å². The number of aromatic hydroxyl groups is 1. The number of ketones is 1. The van der Waals surface area contributed by atoms with E-state index in [9.17, 15) is 9.90 Å². The summed E-state index contributed by atoms with van der Waals surface area (Å²) in [5.74, 6) is 1.34. The fourth-order valence-electron chi connectivity index (χ4n) is 2.81. The number of rotatable bonds is 3. The molecule has 1 aliphatic rings. The number of Topliss-reactive ketones (excluding diaryl/α,β-unsaturated/α-hetero) is 1. The Morgan fingerprint density at radius 2 is 1.87 bits per heavy atom. The van der Waals surface area contributed by atoms with Gasteiger partial charge in [0, 0.05) is 5.56 Å². The van der Waals surface area contributed by atoms with Gasteiger partial charge in [0.1, 0.15) is 18.1 Å². The van der Waals surface area contributed by atoms with E-state index in [0.29, 0.717) is 28.4 Å². The van der Waals surface area contributed by atoms with Crippen LogP contribution >= 0.6 is 0 Å². The molecule has 1 heterocycles. The molecule has 1 N–H and O–H groups in total. The molecular weight excluding hydrogens is 296 g/mol. The van der Waals surface area contributed by atoms with Gasteiger partial charge < -0.3 is 19.3 Å². The number of phenolic OH excluding ortho intramolecular Hbond substituents is 1. The Morgan fingerprint density at radius 1 is 1.13 bits per heavy atom. The van der Waals surface area contributed by atoms with Crippen molar-refractivity contribution in [1.82, 2.24) is 0 Å². The van der Waals surface area contributed by atoms with Crippen molar-refractivity contribution in [3.05, 3.63) is 47.0 Å². The first-order valence-corrected chi connectivity index (χ1v) is 7.28. The van der Waals surface area contributed by atoms with Crippen molar-refractivity contribution >= 4 is 5.78 Å². The molecule has 0 aromatic heterocycles. The maximum absolute atomic E-state index is 12.8. The van der Waals surface area contributed by atoms with Crippen LogP contribution in [0.5, 0.6) is 23.0 Å². The maximum atomic E-state index is 12.8. The number of benzene rings is 2. The van der Waals surface area contributed by atoms with Gasteiger partial charge in [0.2, 0.25) is 0 Å². The first-order chi connectivity index (χ1) is 11.1. The SMILES string of the molecule is COc1ccc(C2COc3c(ccc(O)c3C)C2=O)cc1OC. The molecule has 0 spiro atoms. The lowest BCUT2D eigenvalue weighted by Gasteiger charge is -2.26. The van der Waals surface area contributed by atoms with Crippen LogP contribution in [0.15, 0.2) is 30.3 Å². The molecule has 0 saturated heterocycles. The second-order valence-electron chi connectivity index (χ2n) is 5.43. The third kappa shape index (κ3) is 2.48. The summed E-state index contributed by atoms with van der Waals surface area (Å²) in [5, 5.41) is 9.75. The molecule has 1 unspecified atom stereocenters. The molecule has 0 aliphatic carbocycles. The fourth-order valence-corrected chi connectivity index (χ4v) is 2.81. The molecule has 0 radical (unpaired) electrons. The molecule has 2 aromatic carbocycles. The Hall–Kier alpha value is -2.69. The van der Waals surface area contributed by atoms with E-state index in [0.717, 1.165) is 5.56 Å². The molecule has 5 nitrogen and oxygen atoms in total. The summed E-state index contributed by atoms with van der Waals surface area (Å²) in [4.78, 5) is 12.8. The van der Waals surface area contributed by atoms with Crippen molar-refractivity contribution in [2.75, 3.05) is 20.8 Å². The number of methoxy groups -OCH3 is 2. The van der Waals surface area contributed by atoms with Crippen molar-refractivity contribution in [3.63, 3.8) is 0 Å². The number of hydrogen-bond donors (Lipinski definition) is 1. The molecule has 23 heavy (non-hydrogen) atoms. The van der Waals surface area contributed by atoms with Crippen LogP contribution in [0.1, 0.15) is 27.4 Å². The van der Waals surface area contributed by atoms with Gasteiger partial charge in [-0.25, -0.2) is 0 Å². The lowest BCUT2D eigenvalue weighted by Crippen LogP contribution is -2.26. The van der Waals surface area contributed by atoms with Gasteiger partial charge in [0.05, 0.1) is 25.7 Å². The van der Waals surface area contributed by atoms with Crippen molar-refractivity contribution < 1.29 is 24.1 Å². The fraction of sp³-hybridized carbons (Fsp3) is 0.278. The lowest BCUT2D eigenvalue weighted by atomic mass is 9.88. The zero-order chi connectivity index (χ0) is 16.6. The Labute approximate surface area is 134 Å². The monoisotopic (exact) mass is 314 g/mol. The zero-order valence-corrected chi connectivity index (χ0v) is 13.3. The lowest BCUT2D eigenvalue weighted by molar-refractivity contribution is 0.0895. The van der Waals surface area contributed by atoms with Crippen LogP contribution in [0.25, 0.3) is 0 Å². The number of phenols is 1. The second-order valence-corrected chi connectivity index (χ2v) is 5.43. The van der Waals surface area contributed by atoms with E-state index in [1.54, 1.807) is 39.3 Å². The average molecular weight is 314 g/mol. The summed E-state index contributed by atoms with van der Waals surface area (Å²) in [6.07, 6.45) is 0. The largest absolute Gasteiger partial charge is 0.508 e. The standard InChI is InChI=1S/C18H18O5/c1-10-14(19)6-5-12-17(20)13(9-23-18(10)12)11-4-7-15(21-2)16(8-11)22-3/h4-8,13,19H,9H2,1-3H3. The van der Waals surface area contributed by atoms with Crippen LogP contribution in [-0.2, 0) is 0 Å². The number of hydrogen-bond acceptors (Lipinski definition) is 5. The van der Waals surface area contributed by atoms with Gasteiger partial charge in [0.15, 0.2) is 17.3 Å². The minimum absolute atomic E-state index is 0.0263. The summed E-state index contributed by atoms with van der Waals surface area (Å²) in [7, 11) is 3.13. The molecule has 0 saturated carbocycles. The van der Waals surface area contributed by atoms with Gasteiger partial charge in [-0.2, -0.15) is 0 Å². The van der Waals surface area contributed by atoms with E-state index >= 15 is 0 Å². The van der Waals surface area contributed by atoms with Gasteiger partial charge in [0.25, 0.3) is 0 Å². The van der Waals surface area contributed by atoms with Crippen LogP contribution in [0.3, 0.4) is 0 Å². The van der Waals surface area contributed by atoms with Crippen molar-refractivity contribution in [3.8, 4) is 23.0 Å². The number of ether oxygens (including phenoxy) is 3. The smallest absolute Gasteiger partial charge is 0.177 e. The van der Waals surface area contributed by atoms with E-state index in [1.165, 1.54) is 6.07 Å². The Kier molecular flexibility index (Phi) is 3.86. The highest BCUT2D eigenvalue weighted by atomic mass is 16.5. The molecule has 0 bridgehead atoms. The van der Waals surface area contributed by atoms with Crippen LogP contribution < -0.4 is 14.2 Å². The summed E-state index contributed by atoms with van der Waals surface area (Å²) < 4.78 is 16.3. The van der Waals surface area contributed by atoms with Gasteiger partial charge in [-0.15, -0.1) is 0 Å². The highest BCUT2D eigenvalue weighted by molar-refractivity contribution is 6.04. The molecule has 0 amide bonds. The third-order valence-electron chi connectivity index (χ3n) is 4.16. The molecule has 3 rings (SSSR count).